The molecule has 0 spiro atoms. The number of nitrogens with one attached hydrogen (secondary N) is 1. The summed E-state index contributed by atoms with van der Waals surface area (Å²) in [6.07, 6.45) is 0. The smallest absolute Gasteiger partial charge is 0.145 e. The lowest BCUT2D eigenvalue weighted by atomic mass is 10.00. The number of hydrogen-bond donors (Lipinski definition) is 2. The van der Waals surface area contributed by atoms with Gasteiger partial charge in [0, 0.05) is 17.2 Å². The molecule has 1 heterocycles. The van der Waals surface area contributed by atoms with E-state index in [0.29, 0.717) is 19.0 Å². The number of ether oxygens (including phenoxy) is 2. The van der Waals surface area contributed by atoms with Crippen molar-refractivity contribution < 1.29 is 9.47 Å². The lowest BCUT2D eigenvalue weighted by Crippen LogP contribution is -1.99. The number of nitrogen functional groups attached to an aromatic ring is 1. The van der Waals surface area contributed by atoms with Crippen LogP contribution in [0.1, 0.15) is 13.8 Å². The number of aromatic nitrogens is 2. The van der Waals surface area contributed by atoms with Crippen molar-refractivity contribution in [1.29, 1.82) is 0 Å². The molecule has 2 aromatic carbocycles. The van der Waals surface area contributed by atoms with Crippen LogP contribution in [0.25, 0.3) is 22.4 Å². The Morgan fingerprint density at radius 2 is 1.54 bits per heavy atom. The third kappa shape index (κ3) is 3.20. The maximum Gasteiger partial charge on any atom is 0.145 e. The summed E-state index contributed by atoms with van der Waals surface area (Å²) in [5, 5.41) is 6.95. The Kier molecular flexibility index (Phi) is 4.70. The minimum Gasteiger partial charge on any atom is -0.493 e. The molecule has 0 unspecified atom stereocenters. The van der Waals surface area contributed by atoms with Crippen molar-refractivity contribution in [3.63, 3.8) is 0 Å². The molecule has 0 bridgehead atoms. The van der Waals surface area contributed by atoms with Crippen LogP contribution in [0.4, 0.5) is 5.82 Å². The first kappa shape index (κ1) is 15.9. The van der Waals surface area contributed by atoms with Gasteiger partial charge < -0.3 is 15.2 Å². The van der Waals surface area contributed by atoms with Crippen molar-refractivity contribution in [3.8, 4) is 33.9 Å². The predicted octanol–water partition coefficient (Wildman–Crippen LogP) is 4.12. The molecule has 0 atom stereocenters. The van der Waals surface area contributed by atoms with E-state index in [4.69, 9.17) is 15.2 Å². The SMILES string of the molecule is CCOc1cc(-c2cc(N)n[nH]2)c(OCC)cc1-c1ccccc1. The molecule has 124 valence electrons. The highest BCUT2D eigenvalue weighted by Crippen LogP contribution is 2.40. The van der Waals surface area contributed by atoms with Crippen LogP contribution in [-0.2, 0) is 0 Å². The lowest BCUT2D eigenvalue weighted by Gasteiger charge is -2.16. The van der Waals surface area contributed by atoms with Crippen LogP contribution >= 0.6 is 0 Å². The number of nitrogens with zero attached hydrogens (tertiary/aromatic N) is 1. The summed E-state index contributed by atoms with van der Waals surface area (Å²) in [5.74, 6) is 2.01. The maximum absolute atomic E-state index is 5.87. The Hall–Kier alpha value is -2.95. The topological polar surface area (TPSA) is 73.2 Å². The highest BCUT2D eigenvalue weighted by Gasteiger charge is 2.16. The first-order chi connectivity index (χ1) is 11.7. The van der Waals surface area contributed by atoms with Gasteiger partial charge >= 0.3 is 0 Å². The van der Waals surface area contributed by atoms with Gasteiger partial charge in [0.25, 0.3) is 0 Å². The van der Waals surface area contributed by atoms with Gasteiger partial charge in [-0.15, -0.1) is 0 Å². The third-order valence-electron chi connectivity index (χ3n) is 3.65. The summed E-state index contributed by atoms with van der Waals surface area (Å²) in [7, 11) is 0. The average molecular weight is 323 g/mol. The van der Waals surface area contributed by atoms with Gasteiger partial charge in [0.2, 0.25) is 0 Å². The van der Waals surface area contributed by atoms with Crippen LogP contribution in [0.2, 0.25) is 0 Å². The van der Waals surface area contributed by atoms with Crippen molar-refractivity contribution in [1.82, 2.24) is 10.2 Å². The molecular formula is C19H21N3O2. The molecule has 0 saturated carbocycles. The number of hydrogen-bond acceptors (Lipinski definition) is 4. The molecule has 3 rings (SSSR count). The van der Waals surface area contributed by atoms with E-state index in [1.54, 1.807) is 6.07 Å². The molecule has 0 radical (unpaired) electrons. The Balaban J connectivity index is 2.18. The van der Waals surface area contributed by atoms with E-state index in [9.17, 15) is 0 Å². The molecule has 0 aliphatic rings. The summed E-state index contributed by atoms with van der Waals surface area (Å²) in [4.78, 5) is 0. The predicted molar refractivity (Wildman–Crippen MR) is 96.2 cm³/mol. The molecule has 24 heavy (non-hydrogen) atoms. The molecule has 1 aromatic heterocycles. The second-order valence-corrected chi connectivity index (χ2v) is 5.28. The van der Waals surface area contributed by atoms with Crippen LogP contribution in [0.15, 0.2) is 48.5 Å². The van der Waals surface area contributed by atoms with Crippen molar-refractivity contribution in [2.45, 2.75) is 13.8 Å². The quantitative estimate of drug-likeness (QED) is 0.715. The first-order valence-corrected chi connectivity index (χ1v) is 8.03. The van der Waals surface area contributed by atoms with Crippen LogP contribution in [0.5, 0.6) is 11.5 Å². The van der Waals surface area contributed by atoms with Gasteiger partial charge in [-0.1, -0.05) is 30.3 Å². The fraction of sp³-hybridized carbons (Fsp3) is 0.211. The fourth-order valence-electron chi connectivity index (χ4n) is 2.64. The fourth-order valence-corrected chi connectivity index (χ4v) is 2.64. The van der Waals surface area contributed by atoms with Gasteiger partial charge in [-0.3, -0.25) is 5.10 Å². The second kappa shape index (κ2) is 7.08. The number of anilines is 1. The van der Waals surface area contributed by atoms with Gasteiger partial charge in [0.1, 0.15) is 17.3 Å². The third-order valence-corrected chi connectivity index (χ3v) is 3.65. The summed E-state index contributed by atoms with van der Waals surface area (Å²) in [6.45, 7) is 5.08. The van der Waals surface area contributed by atoms with E-state index in [2.05, 4.69) is 22.3 Å². The Bertz CT molecular complexity index is 813. The zero-order valence-corrected chi connectivity index (χ0v) is 13.9. The second-order valence-electron chi connectivity index (χ2n) is 5.28. The molecule has 0 aliphatic heterocycles. The Morgan fingerprint density at radius 1 is 0.917 bits per heavy atom. The molecule has 5 heteroatoms. The van der Waals surface area contributed by atoms with Crippen LogP contribution in [-0.4, -0.2) is 23.4 Å². The number of H-pyrrole nitrogens is 1. The molecule has 0 saturated heterocycles. The molecule has 3 aromatic rings. The monoisotopic (exact) mass is 323 g/mol. The molecular weight excluding hydrogens is 302 g/mol. The van der Waals surface area contributed by atoms with Crippen LogP contribution in [0, 0.1) is 0 Å². The summed E-state index contributed by atoms with van der Waals surface area (Å²) >= 11 is 0. The van der Waals surface area contributed by atoms with E-state index >= 15 is 0 Å². The number of aromatic amines is 1. The van der Waals surface area contributed by atoms with Gasteiger partial charge in [0.05, 0.1) is 18.9 Å². The summed E-state index contributed by atoms with van der Waals surface area (Å²) in [6, 6.07) is 15.9. The maximum atomic E-state index is 5.87. The van der Waals surface area contributed by atoms with E-state index in [0.717, 1.165) is 33.9 Å². The van der Waals surface area contributed by atoms with Gasteiger partial charge in [0.15, 0.2) is 0 Å². The zero-order chi connectivity index (χ0) is 16.9. The van der Waals surface area contributed by atoms with Crippen molar-refractivity contribution in [2.75, 3.05) is 18.9 Å². The Morgan fingerprint density at radius 3 is 2.12 bits per heavy atom. The molecule has 5 nitrogen and oxygen atoms in total. The Labute approximate surface area is 141 Å². The van der Waals surface area contributed by atoms with Crippen molar-refractivity contribution in [3.05, 3.63) is 48.5 Å². The average Bonchev–Trinajstić information content (AvgIpc) is 3.03. The van der Waals surface area contributed by atoms with Crippen LogP contribution < -0.4 is 15.2 Å². The van der Waals surface area contributed by atoms with E-state index in [1.165, 1.54) is 0 Å². The number of rotatable bonds is 6. The van der Waals surface area contributed by atoms with E-state index in [-0.39, 0.29) is 0 Å². The number of nitrogens with two attached hydrogens (primary N) is 1. The minimum atomic E-state index is 0.442. The van der Waals surface area contributed by atoms with Crippen molar-refractivity contribution in [2.24, 2.45) is 0 Å². The zero-order valence-electron chi connectivity index (χ0n) is 13.9. The minimum absolute atomic E-state index is 0.442. The van der Waals surface area contributed by atoms with Gasteiger partial charge in [-0.2, -0.15) is 5.10 Å². The van der Waals surface area contributed by atoms with Gasteiger partial charge in [-0.25, -0.2) is 0 Å². The highest BCUT2D eigenvalue weighted by molar-refractivity contribution is 5.80. The standard InChI is InChI=1S/C19H21N3O2/c1-3-23-17-11-15(16-12-19(20)22-21-16)18(24-4-2)10-14(17)13-8-6-5-7-9-13/h5-12H,3-4H2,1-2H3,(H3,20,21,22). The van der Waals surface area contributed by atoms with E-state index < -0.39 is 0 Å². The first-order valence-electron chi connectivity index (χ1n) is 8.03. The molecule has 3 N–H and O–H groups in total. The van der Waals surface area contributed by atoms with Crippen molar-refractivity contribution >= 4 is 5.82 Å². The van der Waals surface area contributed by atoms with E-state index in [1.807, 2.05) is 44.2 Å². The largest absolute Gasteiger partial charge is 0.493 e. The van der Waals surface area contributed by atoms with Gasteiger partial charge in [-0.05, 0) is 31.5 Å². The summed E-state index contributed by atoms with van der Waals surface area (Å²) in [5.41, 5.74) is 9.50. The normalized spacial score (nSPS) is 10.6. The van der Waals surface area contributed by atoms with Crippen LogP contribution in [0.3, 0.4) is 0 Å². The highest BCUT2D eigenvalue weighted by atomic mass is 16.5. The lowest BCUT2D eigenvalue weighted by molar-refractivity contribution is 0.333. The molecule has 0 amide bonds. The summed E-state index contributed by atoms with van der Waals surface area (Å²) < 4.78 is 11.7. The molecule has 0 fully saturated rings. The molecule has 0 aliphatic carbocycles. The number of benzene rings is 2.